The zero-order valence-corrected chi connectivity index (χ0v) is 41.8. The van der Waals surface area contributed by atoms with Gasteiger partial charge in [0.25, 0.3) is 0 Å². The summed E-state index contributed by atoms with van der Waals surface area (Å²) in [5.74, 6) is 0.795. The van der Waals surface area contributed by atoms with Gasteiger partial charge < -0.3 is 14.2 Å². The summed E-state index contributed by atoms with van der Waals surface area (Å²) < 4.78 is 16.8. The van der Waals surface area contributed by atoms with Crippen molar-refractivity contribution in [2.45, 2.75) is 310 Å². The second-order valence-electron chi connectivity index (χ2n) is 19.6. The quantitative estimate of drug-likeness (QED) is 0.0344. The highest BCUT2D eigenvalue weighted by atomic mass is 16.6. The van der Waals surface area contributed by atoms with E-state index >= 15 is 0 Å². The molecule has 0 rings (SSSR count). The van der Waals surface area contributed by atoms with E-state index in [1.54, 1.807) is 0 Å². The maximum Gasteiger partial charge on any atom is 0.306 e. The van der Waals surface area contributed by atoms with E-state index in [2.05, 4.69) is 34.6 Å². The molecule has 0 aliphatic rings. The lowest BCUT2D eigenvalue weighted by Gasteiger charge is -2.18. The first-order valence-corrected chi connectivity index (χ1v) is 27.3. The number of hydrogen-bond acceptors (Lipinski definition) is 6. The summed E-state index contributed by atoms with van der Waals surface area (Å²) in [6.07, 6.45) is 49.5. The fourth-order valence-corrected chi connectivity index (χ4v) is 8.31. The van der Waals surface area contributed by atoms with Gasteiger partial charge in [-0.15, -0.1) is 0 Å². The highest BCUT2D eigenvalue weighted by Crippen LogP contribution is 2.18. The molecule has 0 heterocycles. The maximum absolute atomic E-state index is 12.8. The van der Waals surface area contributed by atoms with Gasteiger partial charge in [0.05, 0.1) is 0 Å². The van der Waals surface area contributed by atoms with Crippen molar-refractivity contribution in [3.05, 3.63) is 0 Å². The average molecular weight is 863 g/mol. The van der Waals surface area contributed by atoms with Crippen molar-refractivity contribution in [1.82, 2.24) is 0 Å². The second kappa shape index (κ2) is 47.9. The molecular formula is C55H106O6. The van der Waals surface area contributed by atoms with E-state index in [9.17, 15) is 14.4 Å². The van der Waals surface area contributed by atoms with Crippen LogP contribution in [-0.4, -0.2) is 37.2 Å². The van der Waals surface area contributed by atoms with Gasteiger partial charge in [-0.2, -0.15) is 0 Å². The molecule has 0 spiro atoms. The Morgan fingerprint density at radius 3 is 0.934 bits per heavy atom. The lowest BCUT2D eigenvalue weighted by molar-refractivity contribution is -0.167. The van der Waals surface area contributed by atoms with Gasteiger partial charge >= 0.3 is 17.9 Å². The first kappa shape index (κ1) is 59.4. The summed E-state index contributed by atoms with van der Waals surface area (Å²) in [5.41, 5.74) is 0. The van der Waals surface area contributed by atoms with E-state index in [0.717, 1.165) is 69.6 Å². The van der Waals surface area contributed by atoms with Gasteiger partial charge in [0.15, 0.2) is 6.10 Å². The summed E-state index contributed by atoms with van der Waals surface area (Å²) in [7, 11) is 0. The van der Waals surface area contributed by atoms with E-state index in [4.69, 9.17) is 14.2 Å². The molecule has 0 aromatic carbocycles. The van der Waals surface area contributed by atoms with Crippen LogP contribution in [0.1, 0.15) is 304 Å². The summed E-state index contributed by atoms with van der Waals surface area (Å²) in [4.78, 5) is 38.0. The van der Waals surface area contributed by atoms with Gasteiger partial charge in [0, 0.05) is 19.3 Å². The minimum atomic E-state index is -0.763. The number of ether oxygens (including phenoxy) is 3. The molecule has 1 unspecified atom stereocenters. The fourth-order valence-electron chi connectivity index (χ4n) is 8.31. The van der Waals surface area contributed by atoms with Crippen molar-refractivity contribution in [2.75, 3.05) is 13.2 Å². The van der Waals surface area contributed by atoms with Crippen LogP contribution in [-0.2, 0) is 28.6 Å². The standard InChI is InChI=1S/C55H106O6/c1-6-8-9-10-11-12-13-14-15-16-17-18-19-23-26-29-35-40-45-53(56)59-48-52(61-55(58)47-42-37-32-31-34-39-44-51(5)7-2)49-60-54(57)46-41-36-30-27-24-21-20-22-25-28-33-38-43-50(3)4/h50-52H,6-49H2,1-5H3/t51?,52-/m1/s1. The van der Waals surface area contributed by atoms with E-state index in [-0.39, 0.29) is 31.1 Å². The first-order valence-electron chi connectivity index (χ1n) is 27.3. The molecule has 0 N–H and O–H groups in total. The molecule has 0 radical (unpaired) electrons. The largest absolute Gasteiger partial charge is 0.462 e. The van der Waals surface area contributed by atoms with Gasteiger partial charge in [-0.3, -0.25) is 14.4 Å². The molecule has 0 amide bonds. The first-order chi connectivity index (χ1) is 29.8. The lowest BCUT2D eigenvalue weighted by Crippen LogP contribution is -2.30. The van der Waals surface area contributed by atoms with E-state index in [1.807, 2.05) is 0 Å². The summed E-state index contributed by atoms with van der Waals surface area (Å²) in [6.45, 7) is 11.4. The summed E-state index contributed by atoms with van der Waals surface area (Å²) >= 11 is 0. The van der Waals surface area contributed by atoms with Crippen molar-refractivity contribution in [3.63, 3.8) is 0 Å². The third-order valence-corrected chi connectivity index (χ3v) is 12.8. The predicted octanol–water partition coefficient (Wildman–Crippen LogP) is 17.7. The lowest BCUT2D eigenvalue weighted by atomic mass is 10.00. The van der Waals surface area contributed by atoms with Crippen LogP contribution in [0.25, 0.3) is 0 Å². The molecule has 0 aromatic rings. The number of unbranched alkanes of at least 4 members (excludes halogenated alkanes) is 33. The van der Waals surface area contributed by atoms with Crippen LogP contribution in [0.3, 0.4) is 0 Å². The van der Waals surface area contributed by atoms with Crippen molar-refractivity contribution in [3.8, 4) is 0 Å². The molecule has 0 aromatic heterocycles. The smallest absolute Gasteiger partial charge is 0.306 e. The number of hydrogen-bond donors (Lipinski definition) is 0. The van der Waals surface area contributed by atoms with Crippen LogP contribution in [0.4, 0.5) is 0 Å². The third kappa shape index (κ3) is 47.7. The Morgan fingerprint density at radius 2 is 0.623 bits per heavy atom. The van der Waals surface area contributed by atoms with Crippen LogP contribution in [0.2, 0.25) is 0 Å². The van der Waals surface area contributed by atoms with Crippen LogP contribution >= 0.6 is 0 Å². The predicted molar refractivity (Wildman–Crippen MR) is 261 cm³/mol. The van der Waals surface area contributed by atoms with Crippen LogP contribution in [0, 0.1) is 11.8 Å². The Bertz CT molecular complexity index is 933. The van der Waals surface area contributed by atoms with Crippen LogP contribution < -0.4 is 0 Å². The monoisotopic (exact) mass is 863 g/mol. The molecule has 0 saturated carbocycles. The molecule has 6 nitrogen and oxygen atoms in total. The van der Waals surface area contributed by atoms with E-state index < -0.39 is 6.10 Å². The topological polar surface area (TPSA) is 78.9 Å². The van der Waals surface area contributed by atoms with Gasteiger partial charge in [0.1, 0.15) is 13.2 Å². The van der Waals surface area contributed by atoms with E-state index in [1.165, 1.54) is 193 Å². The van der Waals surface area contributed by atoms with Gasteiger partial charge in [0.2, 0.25) is 0 Å². The highest BCUT2D eigenvalue weighted by molar-refractivity contribution is 5.71. The second-order valence-corrected chi connectivity index (χ2v) is 19.6. The molecule has 2 atom stereocenters. The Morgan fingerprint density at radius 1 is 0.344 bits per heavy atom. The molecule has 0 aliphatic carbocycles. The molecule has 6 heteroatoms. The average Bonchev–Trinajstić information content (AvgIpc) is 3.24. The number of carbonyl (C=O) groups is 3. The van der Waals surface area contributed by atoms with Crippen molar-refractivity contribution < 1.29 is 28.6 Å². The number of rotatable bonds is 49. The SMILES string of the molecule is CCCCCCCCCCCCCCCCCCCCC(=O)OC[C@H](COC(=O)CCCCCCCCCCCCCCC(C)C)OC(=O)CCCCCCCCC(C)CC. The zero-order valence-electron chi connectivity index (χ0n) is 41.8. The number of esters is 3. The minimum absolute atomic E-state index is 0.0643. The minimum Gasteiger partial charge on any atom is -0.462 e. The zero-order chi connectivity index (χ0) is 44.7. The van der Waals surface area contributed by atoms with Gasteiger partial charge in [-0.1, -0.05) is 266 Å². The fraction of sp³-hybridized carbons (Fsp3) is 0.945. The molecule has 0 aliphatic heterocycles. The highest BCUT2D eigenvalue weighted by Gasteiger charge is 2.19. The molecule has 0 saturated heterocycles. The van der Waals surface area contributed by atoms with Crippen molar-refractivity contribution >= 4 is 17.9 Å². The Kier molecular flexibility index (Phi) is 46.6. The summed E-state index contributed by atoms with van der Waals surface area (Å²) in [6, 6.07) is 0. The van der Waals surface area contributed by atoms with Crippen molar-refractivity contribution in [1.29, 1.82) is 0 Å². The Labute approximate surface area is 380 Å². The number of carbonyl (C=O) groups excluding carboxylic acids is 3. The molecule has 362 valence electrons. The van der Waals surface area contributed by atoms with Gasteiger partial charge in [-0.25, -0.2) is 0 Å². The molecule has 61 heavy (non-hydrogen) atoms. The Balaban J connectivity index is 4.24. The molecule has 0 fully saturated rings. The van der Waals surface area contributed by atoms with Crippen LogP contribution in [0.5, 0.6) is 0 Å². The Hall–Kier alpha value is -1.59. The van der Waals surface area contributed by atoms with Crippen LogP contribution in [0.15, 0.2) is 0 Å². The van der Waals surface area contributed by atoms with Gasteiger partial charge in [-0.05, 0) is 31.1 Å². The molecular weight excluding hydrogens is 757 g/mol. The maximum atomic E-state index is 12.8. The summed E-state index contributed by atoms with van der Waals surface area (Å²) in [5, 5.41) is 0. The van der Waals surface area contributed by atoms with E-state index in [0.29, 0.717) is 19.3 Å². The van der Waals surface area contributed by atoms with Crippen molar-refractivity contribution in [2.24, 2.45) is 11.8 Å². The normalized spacial score (nSPS) is 12.5. The molecule has 0 bridgehead atoms. The third-order valence-electron chi connectivity index (χ3n) is 12.8.